The van der Waals surface area contributed by atoms with Crippen LogP contribution in [0.5, 0.6) is 0 Å². The minimum absolute atomic E-state index is 0.0971. The van der Waals surface area contributed by atoms with E-state index in [4.69, 9.17) is 9.84 Å². The van der Waals surface area contributed by atoms with Crippen molar-refractivity contribution in [2.75, 3.05) is 31.3 Å². The van der Waals surface area contributed by atoms with Crippen LogP contribution in [0.15, 0.2) is 0 Å². The molecular formula is C15H29NO3S. The van der Waals surface area contributed by atoms with Crippen molar-refractivity contribution >= 4 is 17.7 Å². The molecule has 1 saturated carbocycles. The van der Waals surface area contributed by atoms with Crippen molar-refractivity contribution in [3.05, 3.63) is 0 Å². The average molecular weight is 303 g/mol. The largest absolute Gasteiger partial charge is 0.465 e. The van der Waals surface area contributed by atoms with Crippen molar-refractivity contribution in [1.82, 2.24) is 5.32 Å². The lowest BCUT2D eigenvalue weighted by molar-refractivity contribution is -0.151. The molecule has 0 amide bonds. The van der Waals surface area contributed by atoms with Gasteiger partial charge in [0.05, 0.1) is 6.61 Å². The third kappa shape index (κ3) is 4.93. The summed E-state index contributed by atoms with van der Waals surface area (Å²) in [6.45, 7) is 7.46. The molecule has 2 unspecified atom stereocenters. The monoisotopic (exact) mass is 303 g/mol. The Morgan fingerprint density at radius 1 is 1.50 bits per heavy atom. The van der Waals surface area contributed by atoms with Gasteiger partial charge in [-0.1, -0.05) is 13.8 Å². The van der Waals surface area contributed by atoms with Crippen LogP contribution in [0.25, 0.3) is 0 Å². The normalized spacial score (nSPS) is 19.4. The summed E-state index contributed by atoms with van der Waals surface area (Å²) in [6.07, 6.45) is 3.21. The summed E-state index contributed by atoms with van der Waals surface area (Å²) < 4.78 is 5.33. The minimum Gasteiger partial charge on any atom is -0.465 e. The molecule has 1 fully saturated rings. The fourth-order valence-electron chi connectivity index (χ4n) is 2.27. The Labute approximate surface area is 127 Å². The van der Waals surface area contributed by atoms with Crippen molar-refractivity contribution in [2.24, 2.45) is 11.8 Å². The third-order valence-corrected chi connectivity index (χ3v) is 5.11. The molecule has 0 bridgehead atoms. The van der Waals surface area contributed by atoms with E-state index in [1.54, 1.807) is 11.8 Å². The van der Waals surface area contributed by atoms with Crippen molar-refractivity contribution in [2.45, 2.75) is 45.6 Å². The van der Waals surface area contributed by atoms with Crippen molar-refractivity contribution in [1.29, 1.82) is 0 Å². The van der Waals surface area contributed by atoms with E-state index in [1.807, 2.05) is 13.8 Å². The summed E-state index contributed by atoms with van der Waals surface area (Å²) in [5, 5.41) is 12.6. The zero-order valence-electron chi connectivity index (χ0n) is 13.0. The summed E-state index contributed by atoms with van der Waals surface area (Å²) in [5.74, 6) is 2.19. The van der Waals surface area contributed by atoms with E-state index in [0.717, 1.165) is 37.3 Å². The number of thioether (sulfide) groups is 1. The van der Waals surface area contributed by atoms with Gasteiger partial charge in [0, 0.05) is 12.4 Å². The lowest BCUT2D eigenvalue weighted by Crippen LogP contribution is -2.57. The average Bonchev–Trinajstić information content (AvgIpc) is 3.27. The number of hydrogen-bond donors (Lipinski definition) is 2. The summed E-state index contributed by atoms with van der Waals surface area (Å²) in [5.41, 5.74) is -0.522. The van der Waals surface area contributed by atoms with E-state index < -0.39 is 5.54 Å². The molecule has 118 valence electrons. The van der Waals surface area contributed by atoms with Crippen LogP contribution < -0.4 is 5.32 Å². The number of esters is 1. The van der Waals surface area contributed by atoms with Crippen molar-refractivity contribution in [3.63, 3.8) is 0 Å². The number of carbonyl (C=O) groups is 1. The van der Waals surface area contributed by atoms with Crippen LogP contribution in [0.3, 0.4) is 0 Å². The van der Waals surface area contributed by atoms with Crippen LogP contribution in [-0.2, 0) is 9.53 Å². The number of hydrogen-bond acceptors (Lipinski definition) is 5. The first kappa shape index (κ1) is 17.8. The van der Waals surface area contributed by atoms with E-state index in [9.17, 15) is 4.79 Å². The Bertz CT molecular complexity index is 297. The topological polar surface area (TPSA) is 58.6 Å². The van der Waals surface area contributed by atoms with Gasteiger partial charge >= 0.3 is 5.97 Å². The zero-order chi connectivity index (χ0) is 15.0. The summed E-state index contributed by atoms with van der Waals surface area (Å²) >= 11 is 1.74. The van der Waals surface area contributed by atoms with Crippen LogP contribution in [-0.4, -0.2) is 47.9 Å². The van der Waals surface area contributed by atoms with Crippen molar-refractivity contribution in [3.8, 4) is 0 Å². The Morgan fingerprint density at radius 2 is 2.20 bits per heavy atom. The Morgan fingerprint density at radius 3 is 2.70 bits per heavy atom. The highest BCUT2D eigenvalue weighted by Gasteiger charge is 2.51. The third-order valence-electron chi connectivity index (χ3n) is 3.65. The Kier molecular flexibility index (Phi) is 7.92. The number of aliphatic hydroxyl groups excluding tert-OH is 1. The van der Waals surface area contributed by atoms with Gasteiger partial charge in [0.2, 0.25) is 0 Å². The van der Waals surface area contributed by atoms with Gasteiger partial charge in [-0.15, -0.1) is 0 Å². The molecule has 0 radical (unpaired) electrons. The lowest BCUT2D eigenvalue weighted by atomic mass is 9.95. The molecule has 1 aliphatic carbocycles. The second-order valence-electron chi connectivity index (χ2n) is 5.70. The first-order valence-corrected chi connectivity index (χ1v) is 8.87. The van der Waals surface area contributed by atoms with Gasteiger partial charge in [0.15, 0.2) is 0 Å². The van der Waals surface area contributed by atoms with E-state index >= 15 is 0 Å². The van der Waals surface area contributed by atoms with Gasteiger partial charge in [-0.25, -0.2) is 0 Å². The fraction of sp³-hybridized carbons (Fsp3) is 0.933. The molecule has 1 aliphatic rings. The SMILES string of the molecule is CCCNC(CSCC(C)CO)(C(=O)OCC)C1CC1. The fourth-order valence-corrected chi connectivity index (χ4v) is 3.67. The smallest absolute Gasteiger partial charge is 0.327 e. The first-order valence-electron chi connectivity index (χ1n) is 7.71. The molecular weight excluding hydrogens is 274 g/mol. The molecule has 0 saturated heterocycles. The highest BCUT2D eigenvalue weighted by Crippen LogP contribution is 2.42. The quantitative estimate of drug-likeness (QED) is 0.572. The molecule has 1 rings (SSSR count). The molecule has 2 atom stereocenters. The Hall–Kier alpha value is -0.260. The maximum atomic E-state index is 12.5. The highest BCUT2D eigenvalue weighted by molar-refractivity contribution is 7.99. The molecule has 0 heterocycles. The maximum absolute atomic E-state index is 12.5. The van der Waals surface area contributed by atoms with Crippen LogP contribution in [0.1, 0.15) is 40.0 Å². The Balaban J connectivity index is 2.67. The van der Waals surface area contributed by atoms with Gasteiger partial charge in [-0.05, 0) is 50.3 Å². The van der Waals surface area contributed by atoms with E-state index in [-0.39, 0.29) is 18.5 Å². The molecule has 0 aromatic heterocycles. The number of ether oxygens (including phenoxy) is 1. The van der Waals surface area contributed by atoms with Crippen LogP contribution in [0, 0.1) is 11.8 Å². The second kappa shape index (κ2) is 8.90. The number of aliphatic hydroxyl groups is 1. The molecule has 5 heteroatoms. The number of rotatable bonds is 11. The molecule has 0 aromatic rings. The van der Waals surface area contributed by atoms with E-state index in [0.29, 0.717) is 12.5 Å². The van der Waals surface area contributed by atoms with Gasteiger partial charge < -0.3 is 15.2 Å². The minimum atomic E-state index is -0.522. The predicted molar refractivity (Wildman–Crippen MR) is 84.0 cm³/mol. The molecule has 4 nitrogen and oxygen atoms in total. The van der Waals surface area contributed by atoms with Gasteiger partial charge in [0.25, 0.3) is 0 Å². The first-order chi connectivity index (χ1) is 9.60. The molecule has 0 spiro atoms. The van der Waals surface area contributed by atoms with E-state index in [1.165, 1.54) is 0 Å². The predicted octanol–water partition coefficient (Wildman–Crippen LogP) is 2.06. The van der Waals surface area contributed by atoms with Crippen LogP contribution in [0.2, 0.25) is 0 Å². The van der Waals surface area contributed by atoms with E-state index in [2.05, 4.69) is 12.2 Å². The number of carbonyl (C=O) groups excluding carboxylic acids is 1. The molecule has 20 heavy (non-hydrogen) atoms. The highest BCUT2D eigenvalue weighted by atomic mass is 32.2. The lowest BCUT2D eigenvalue weighted by Gasteiger charge is -2.33. The summed E-state index contributed by atoms with van der Waals surface area (Å²) in [6, 6.07) is 0. The zero-order valence-corrected chi connectivity index (χ0v) is 13.8. The summed E-state index contributed by atoms with van der Waals surface area (Å²) in [4.78, 5) is 12.5. The second-order valence-corrected chi connectivity index (χ2v) is 6.73. The maximum Gasteiger partial charge on any atom is 0.327 e. The summed E-state index contributed by atoms with van der Waals surface area (Å²) in [7, 11) is 0. The molecule has 0 aliphatic heterocycles. The standard InChI is InChI=1S/C15H29NO3S/c1-4-8-16-15(13-6-7-13,14(18)19-5-2)11-20-10-12(3)9-17/h12-13,16-17H,4-11H2,1-3H3. The molecule has 2 N–H and O–H groups in total. The number of nitrogens with one attached hydrogen (secondary N) is 1. The van der Waals surface area contributed by atoms with Gasteiger partial charge in [-0.3, -0.25) is 4.79 Å². The van der Waals surface area contributed by atoms with Crippen LogP contribution in [0.4, 0.5) is 0 Å². The van der Waals surface area contributed by atoms with Gasteiger partial charge in [0.1, 0.15) is 5.54 Å². The van der Waals surface area contributed by atoms with Gasteiger partial charge in [-0.2, -0.15) is 11.8 Å². The molecule has 0 aromatic carbocycles. The van der Waals surface area contributed by atoms with Crippen LogP contribution >= 0.6 is 11.8 Å². The van der Waals surface area contributed by atoms with Crippen molar-refractivity contribution < 1.29 is 14.6 Å².